The van der Waals surface area contributed by atoms with E-state index in [9.17, 15) is 4.39 Å². The molecule has 0 bridgehead atoms. The van der Waals surface area contributed by atoms with Gasteiger partial charge in [-0.15, -0.1) is 0 Å². The topological polar surface area (TPSA) is 0 Å². The third kappa shape index (κ3) is 9.50. The molecule has 0 spiro atoms. The smallest absolute Gasteiger partial charge is 0.126 e. The number of rotatable bonds is 15. The summed E-state index contributed by atoms with van der Waals surface area (Å²) < 4.78 is 15.0. The normalized spacial score (nSPS) is 21.9. The zero-order valence-electron chi connectivity index (χ0n) is 22.6. The second-order valence-electron chi connectivity index (χ2n) is 11.6. The third-order valence-corrected chi connectivity index (χ3v) is 8.85. The van der Waals surface area contributed by atoms with Crippen molar-refractivity contribution in [2.24, 2.45) is 11.8 Å². The van der Waals surface area contributed by atoms with Crippen molar-refractivity contribution in [1.29, 1.82) is 0 Å². The minimum Gasteiger partial charge on any atom is -0.207 e. The van der Waals surface area contributed by atoms with E-state index in [1.807, 2.05) is 6.07 Å². The molecule has 1 unspecified atom stereocenters. The lowest BCUT2D eigenvalue weighted by atomic mass is 9.76. The SMILES string of the molecule is CCCCCCC1CCC(CCC(CC2=CCCCC2)c2ccc(CCCCC)c(F)c2)CC1. The summed E-state index contributed by atoms with van der Waals surface area (Å²) in [5.41, 5.74) is 3.82. The average Bonchev–Trinajstić information content (AvgIpc) is 2.87. The maximum atomic E-state index is 15.0. The number of hydrogen-bond donors (Lipinski definition) is 0. The molecule has 0 radical (unpaired) electrons. The summed E-state index contributed by atoms with van der Waals surface area (Å²) in [5, 5.41) is 0. The van der Waals surface area contributed by atoms with Crippen LogP contribution in [0.4, 0.5) is 4.39 Å². The summed E-state index contributed by atoms with van der Waals surface area (Å²) in [6.45, 7) is 4.52. The van der Waals surface area contributed by atoms with Crippen molar-refractivity contribution in [1.82, 2.24) is 0 Å². The summed E-state index contributed by atoms with van der Waals surface area (Å²) in [5.74, 6) is 2.42. The summed E-state index contributed by atoms with van der Waals surface area (Å²) in [7, 11) is 0. The first-order valence-corrected chi connectivity index (χ1v) is 15.2. The highest BCUT2D eigenvalue weighted by molar-refractivity contribution is 5.28. The van der Waals surface area contributed by atoms with Gasteiger partial charge in [0.15, 0.2) is 0 Å². The van der Waals surface area contributed by atoms with Gasteiger partial charge in [0.2, 0.25) is 0 Å². The third-order valence-electron chi connectivity index (χ3n) is 8.85. The van der Waals surface area contributed by atoms with Crippen LogP contribution in [0.5, 0.6) is 0 Å². The molecule has 1 aromatic carbocycles. The molecule has 2 aliphatic carbocycles. The molecule has 192 valence electrons. The van der Waals surface area contributed by atoms with Crippen LogP contribution < -0.4 is 0 Å². The van der Waals surface area contributed by atoms with Crippen molar-refractivity contribution in [3.63, 3.8) is 0 Å². The fourth-order valence-electron chi connectivity index (χ4n) is 6.48. The van der Waals surface area contributed by atoms with E-state index in [4.69, 9.17) is 0 Å². The lowest BCUT2D eigenvalue weighted by molar-refractivity contribution is 0.242. The Morgan fingerprint density at radius 3 is 2.26 bits per heavy atom. The van der Waals surface area contributed by atoms with Crippen LogP contribution in [0.3, 0.4) is 0 Å². The number of allylic oxidation sites excluding steroid dienone is 2. The Hall–Kier alpha value is -1.11. The van der Waals surface area contributed by atoms with Crippen LogP contribution in [0.15, 0.2) is 29.8 Å². The van der Waals surface area contributed by atoms with Crippen molar-refractivity contribution in [3.05, 3.63) is 46.8 Å². The van der Waals surface area contributed by atoms with Gasteiger partial charge >= 0.3 is 0 Å². The molecule has 0 N–H and O–H groups in total. The first-order valence-electron chi connectivity index (χ1n) is 15.2. The van der Waals surface area contributed by atoms with Gasteiger partial charge in [-0.2, -0.15) is 0 Å². The van der Waals surface area contributed by atoms with Crippen LogP contribution in [0, 0.1) is 17.7 Å². The largest absolute Gasteiger partial charge is 0.207 e. The lowest BCUT2D eigenvalue weighted by Gasteiger charge is -2.30. The van der Waals surface area contributed by atoms with Gasteiger partial charge in [-0.3, -0.25) is 0 Å². The predicted octanol–water partition coefficient (Wildman–Crippen LogP) is 11.1. The van der Waals surface area contributed by atoms with E-state index in [-0.39, 0.29) is 5.82 Å². The highest BCUT2D eigenvalue weighted by Gasteiger charge is 2.23. The van der Waals surface area contributed by atoms with Crippen LogP contribution in [-0.4, -0.2) is 0 Å². The highest BCUT2D eigenvalue weighted by atomic mass is 19.1. The van der Waals surface area contributed by atoms with Gasteiger partial charge in [-0.1, -0.05) is 108 Å². The number of aryl methyl sites for hydroxylation is 1. The standard InChI is InChI=1S/C33H53F/c1-3-5-7-10-13-27-17-19-28(20-18-27)21-22-31(25-29-14-11-8-12-15-29)32-24-23-30(33(34)26-32)16-9-6-4-2/h14,23-24,26-28,31H,3-13,15-22,25H2,1-2H3. The predicted molar refractivity (Wildman–Crippen MR) is 147 cm³/mol. The van der Waals surface area contributed by atoms with Gasteiger partial charge in [0.05, 0.1) is 0 Å². The van der Waals surface area contributed by atoms with E-state index >= 15 is 0 Å². The number of benzene rings is 1. The molecule has 2 aliphatic rings. The van der Waals surface area contributed by atoms with Crippen molar-refractivity contribution in [2.45, 2.75) is 148 Å². The molecule has 1 atom stereocenters. The fraction of sp³-hybridized carbons (Fsp3) is 0.758. The van der Waals surface area contributed by atoms with Gasteiger partial charge < -0.3 is 0 Å². The molecule has 1 fully saturated rings. The maximum Gasteiger partial charge on any atom is 0.126 e. The molecule has 0 aliphatic heterocycles. The van der Waals surface area contributed by atoms with Gasteiger partial charge in [-0.05, 0) is 92.7 Å². The summed E-state index contributed by atoms with van der Waals surface area (Å²) in [4.78, 5) is 0. The highest BCUT2D eigenvalue weighted by Crippen LogP contribution is 2.39. The Bertz CT molecular complexity index is 709. The van der Waals surface area contributed by atoms with E-state index in [1.54, 1.807) is 5.57 Å². The van der Waals surface area contributed by atoms with Crippen LogP contribution >= 0.6 is 0 Å². The van der Waals surface area contributed by atoms with Gasteiger partial charge in [0.25, 0.3) is 0 Å². The molecular weight excluding hydrogens is 415 g/mol. The van der Waals surface area contributed by atoms with E-state index in [2.05, 4.69) is 32.1 Å². The molecule has 1 aromatic rings. The van der Waals surface area contributed by atoms with Crippen LogP contribution in [-0.2, 0) is 6.42 Å². The number of halogens is 1. The molecule has 1 heteroatoms. The molecule has 3 rings (SSSR count). The van der Waals surface area contributed by atoms with Crippen LogP contribution in [0.1, 0.15) is 153 Å². The second kappa shape index (κ2) is 15.8. The zero-order valence-corrected chi connectivity index (χ0v) is 22.6. The Balaban J connectivity index is 1.54. The molecule has 0 saturated heterocycles. The van der Waals surface area contributed by atoms with Crippen molar-refractivity contribution >= 4 is 0 Å². The van der Waals surface area contributed by atoms with Crippen molar-refractivity contribution in [2.75, 3.05) is 0 Å². The molecular formula is C33H53F. The van der Waals surface area contributed by atoms with Gasteiger partial charge in [0.1, 0.15) is 5.82 Å². The second-order valence-corrected chi connectivity index (χ2v) is 11.6. The molecule has 0 amide bonds. The molecule has 1 saturated carbocycles. The monoisotopic (exact) mass is 468 g/mol. The van der Waals surface area contributed by atoms with Crippen LogP contribution in [0.25, 0.3) is 0 Å². The molecule has 0 heterocycles. The Morgan fingerprint density at radius 1 is 0.853 bits per heavy atom. The first-order chi connectivity index (χ1) is 16.7. The quantitative estimate of drug-likeness (QED) is 0.177. The van der Waals surface area contributed by atoms with Gasteiger partial charge in [0, 0.05) is 0 Å². The van der Waals surface area contributed by atoms with E-state index in [0.29, 0.717) is 5.92 Å². The minimum atomic E-state index is 0.0415. The Kier molecular flexibility index (Phi) is 12.8. The van der Waals surface area contributed by atoms with Gasteiger partial charge in [-0.25, -0.2) is 4.39 Å². The van der Waals surface area contributed by atoms with Crippen molar-refractivity contribution in [3.8, 4) is 0 Å². The maximum absolute atomic E-state index is 15.0. The zero-order chi connectivity index (χ0) is 24.0. The van der Waals surface area contributed by atoms with Crippen molar-refractivity contribution < 1.29 is 4.39 Å². The lowest BCUT2D eigenvalue weighted by Crippen LogP contribution is -2.16. The summed E-state index contributed by atoms with van der Waals surface area (Å²) >= 11 is 0. The Morgan fingerprint density at radius 2 is 1.59 bits per heavy atom. The fourth-order valence-corrected chi connectivity index (χ4v) is 6.48. The van der Waals surface area contributed by atoms with E-state index in [0.717, 1.165) is 36.7 Å². The summed E-state index contributed by atoms with van der Waals surface area (Å²) in [6.07, 6.45) is 28.6. The first kappa shape index (κ1) is 27.5. The Labute approximate surface area is 211 Å². The van der Waals surface area contributed by atoms with Crippen LogP contribution in [0.2, 0.25) is 0 Å². The summed E-state index contributed by atoms with van der Waals surface area (Å²) in [6, 6.07) is 6.28. The van der Waals surface area contributed by atoms with E-state index in [1.165, 1.54) is 115 Å². The molecule has 0 nitrogen and oxygen atoms in total. The van der Waals surface area contributed by atoms with E-state index < -0.39 is 0 Å². The average molecular weight is 469 g/mol. The molecule has 0 aromatic heterocycles. The number of hydrogen-bond acceptors (Lipinski definition) is 0. The minimum absolute atomic E-state index is 0.0415. The number of unbranched alkanes of at least 4 members (excludes halogenated alkanes) is 5. The molecule has 34 heavy (non-hydrogen) atoms.